The second kappa shape index (κ2) is 6.98. The predicted octanol–water partition coefficient (Wildman–Crippen LogP) is 2.27. The molecular formula is C20H24N6O. The summed E-state index contributed by atoms with van der Waals surface area (Å²) in [5, 5.41) is 8.33. The number of benzene rings is 1. The van der Waals surface area contributed by atoms with Crippen molar-refractivity contribution in [3.05, 3.63) is 53.0 Å². The molecule has 0 spiro atoms. The molecule has 0 saturated carbocycles. The van der Waals surface area contributed by atoms with Crippen molar-refractivity contribution in [2.45, 2.75) is 27.2 Å². The van der Waals surface area contributed by atoms with Crippen LogP contribution in [0.1, 0.15) is 34.4 Å². The van der Waals surface area contributed by atoms with Crippen molar-refractivity contribution in [3.63, 3.8) is 0 Å². The van der Waals surface area contributed by atoms with Gasteiger partial charge >= 0.3 is 0 Å². The maximum Gasteiger partial charge on any atom is 0.257 e. The van der Waals surface area contributed by atoms with Crippen molar-refractivity contribution in [1.82, 2.24) is 24.5 Å². The predicted molar refractivity (Wildman–Crippen MR) is 104 cm³/mol. The first kappa shape index (κ1) is 17.5. The minimum atomic E-state index is 0.0976. The van der Waals surface area contributed by atoms with E-state index in [0.717, 1.165) is 48.0 Å². The van der Waals surface area contributed by atoms with Gasteiger partial charge in [0.2, 0.25) is 0 Å². The fourth-order valence-corrected chi connectivity index (χ4v) is 3.55. The third kappa shape index (κ3) is 3.25. The number of aryl methyl sites for hydroxylation is 3. The van der Waals surface area contributed by atoms with Gasteiger partial charge in [0, 0.05) is 43.5 Å². The normalized spacial score (nSPS) is 14.8. The zero-order valence-electron chi connectivity index (χ0n) is 16.0. The highest BCUT2D eigenvalue weighted by molar-refractivity contribution is 5.94. The van der Waals surface area contributed by atoms with E-state index in [2.05, 4.69) is 33.1 Å². The minimum Gasteiger partial charge on any atom is -0.353 e. The quantitative estimate of drug-likeness (QED) is 0.713. The van der Waals surface area contributed by atoms with Crippen LogP contribution in [0.5, 0.6) is 0 Å². The van der Waals surface area contributed by atoms with Gasteiger partial charge in [0.15, 0.2) is 0 Å². The molecule has 0 atom stereocenters. The lowest BCUT2D eigenvalue weighted by Crippen LogP contribution is -2.49. The number of hydrogen-bond donors (Lipinski definition) is 0. The second-order valence-corrected chi connectivity index (χ2v) is 6.99. The van der Waals surface area contributed by atoms with Crippen molar-refractivity contribution in [2.75, 3.05) is 31.1 Å². The molecule has 1 aromatic carbocycles. The minimum absolute atomic E-state index is 0.0976. The highest BCUT2D eigenvalue weighted by Gasteiger charge is 2.23. The number of rotatable bonds is 3. The van der Waals surface area contributed by atoms with Crippen LogP contribution in [-0.2, 0) is 6.42 Å². The number of nitrogens with zero attached hydrogens (tertiary/aromatic N) is 6. The average molecular weight is 364 g/mol. The second-order valence-electron chi connectivity index (χ2n) is 6.99. The van der Waals surface area contributed by atoms with E-state index < -0.39 is 0 Å². The Labute approximate surface area is 158 Å². The van der Waals surface area contributed by atoms with Crippen LogP contribution in [0.15, 0.2) is 30.3 Å². The summed E-state index contributed by atoms with van der Waals surface area (Å²) in [5.41, 5.74) is 3.06. The highest BCUT2D eigenvalue weighted by Crippen LogP contribution is 2.19. The monoisotopic (exact) mass is 364 g/mol. The molecule has 140 valence electrons. The molecule has 1 aliphatic rings. The lowest BCUT2D eigenvalue weighted by atomic mass is 10.1. The van der Waals surface area contributed by atoms with Crippen LogP contribution < -0.4 is 4.90 Å². The third-order valence-corrected chi connectivity index (χ3v) is 5.16. The summed E-state index contributed by atoms with van der Waals surface area (Å²) in [4.78, 5) is 21.5. The van der Waals surface area contributed by atoms with Crippen LogP contribution >= 0.6 is 0 Å². The Balaban J connectivity index is 1.50. The van der Waals surface area contributed by atoms with E-state index in [1.165, 1.54) is 0 Å². The molecule has 0 radical (unpaired) electrons. The third-order valence-electron chi connectivity index (χ3n) is 5.16. The number of hydrogen-bond acceptors (Lipinski definition) is 5. The molecule has 7 heteroatoms. The molecule has 0 aliphatic carbocycles. The van der Waals surface area contributed by atoms with Crippen LogP contribution in [0.25, 0.3) is 5.78 Å². The summed E-state index contributed by atoms with van der Waals surface area (Å²) >= 11 is 0. The molecule has 1 aliphatic heterocycles. The van der Waals surface area contributed by atoms with Crippen LogP contribution in [0, 0.1) is 13.8 Å². The molecule has 2 aromatic heterocycles. The first-order valence-electron chi connectivity index (χ1n) is 9.39. The van der Waals surface area contributed by atoms with Crippen LogP contribution in [0.2, 0.25) is 0 Å². The smallest absolute Gasteiger partial charge is 0.257 e. The van der Waals surface area contributed by atoms with Gasteiger partial charge in [-0.05, 0) is 32.4 Å². The van der Waals surface area contributed by atoms with Crippen molar-refractivity contribution < 1.29 is 4.79 Å². The summed E-state index contributed by atoms with van der Waals surface area (Å²) < 4.78 is 2.00. The van der Waals surface area contributed by atoms with Crippen molar-refractivity contribution in [1.29, 1.82) is 0 Å². The molecule has 3 aromatic rings. The molecule has 3 heterocycles. The number of piperazine rings is 1. The van der Waals surface area contributed by atoms with E-state index >= 15 is 0 Å². The number of carbonyl (C=O) groups is 1. The van der Waals surface area contributed by atoms with E-state index in [0.29, 0.717) is 18.9 Å². The molecule has 1 amide bonds. The Morgan fingerprint density at radius 2 is 1.74 bits per heavy atom. The van der Waals surface area contributed by atoms with Gasteiger partial charge in [-0.1, -0.05) is 24.6 Å². The Kier molecular flexibility index (Phi) is 4.51. The number of amides is 1. The average Bonchev–Trinajstić information content (AvgIpc) is 3.08. The molecule has 27 heavy (non-hydrogen) atoms. The van der Waals surface area contributed by atoms with Crippen molar-refractivity contribution in [3.8, 4) is 0 Å². The van der Waals surface area contributed by atoms with Crippen molar-refractivity contribution >= 4 is 17.5 Å². The van der Waals surface area contributed by atoms with E-state index in [4.69, 9.17) is 0 Å². The summed E-state index contributed by atoms with van der Waals surface area (Å²) in [6.07, 6.45) is 0.886. The van der Waals surface area contributed by atoms with Gasteiger partial charge in [0.1, 0.15) is 11.6 Å². The van der Waals surface area contributed by atoms with Crippen LogP contribution in [0.4, 0.5) is 5.82 Å². The lowest BCUT2D eigenvalue weighted by Gasteiger charge is -2.35. The zero-order chi connectivity index (χ0) is 19.0. The molecule has 7 nitrogen and oxygen atoms in total. The Morgan fingerprint density at radius 3 is 2.41 bits per heavy atom. The van der Waals surface area contributed by atoms with Crippen molar-refractivity contribution in [2.24, 2.45) is 0 Å². The highest BCUT2D eigenvalue weighted by atomic mass is 16.2. The summed E-state index contributed by atoms with van der Waals surface area (Å²) in [6.45, 7) is 8.98. The molecule has 1 saturated heterocycles. The molecular weight excluding hydrogens is 340 g/mol. The van der Waals surface area contributed by atoms with Gasteiger partial charge in [0.05, 0.1) is 0 Å². The van der Waals surface area contributed by atoms with Gasteiger partial charge in [-0.3, -0.25) is 9.20 Å². The topological polar surface area (TPSA) is 66.6 Å². The molecule has 0 N–H and O–H groups in total. The van der Waals surface area contributed by atoms with Gasteiger partial charge in [-0.25, -0.2) is 0 Å². The Morgan fingerprint density at radius 1 is 1.04 bits per heavy atom. The van der Waals surface area contributed by atoms with E-state index in [1.807, 2.05) is 47.4 Å². The maximum atomic E-state index is 12.7. The molecule has 4 rings (SSSR count). The Hall–Kier alpha value is -2.96. The first-order chi connectivity index (χ1) is 13.1. The maximum absolute atomic E-state index is 12.7. The largest absolute Gasteiger partial charge is 0.353 e. The summed E-state index contributed by atoms with van der Waals surface area (Å²) in [5.74, 6) is 2.50. The fraction of sp³-hybridized carbons (Fsp3) is 0.400. The zero-order valence-corrected chi connectivity index (χ0v) is 16.0. The Bertz CT molecular complexity index is 970. The number of fused-ring (bicyclic) bond motifs is 1. The van der Waals surface area contributed by atoms with Crippen LogP contribution in [0.3, 0.4) is 0 Å². The van der Waals surface area contributed by atoms with Gasteiger partial charge < -0.3 is 9.80 Å². The molecule has 1 fully saturated rings. The van der Waals surface area contributed by atoms with Gasteiger partial charge in [0.25, 0.3) is 11.7 Å². The standard InChI is InChI=1S/C20H24N6O/c1-4-17-13-18(21-20-23-22-15(3)26(17)20)24-9-11-25(12-10-24)19(27)16-7-5-14(2)6-8-16/h5-8,13H,4,9-12H2,1-3H3. The molecule has 0 unspecified atom stereocenters. The van der Waals surface area contributed by atoms with E-state index in [9.17, 15) is 4.79 Å². The summed E-state index contributed by atoms with van der Waals surface area (Å²) in [7, 11) is 0. The number of carbonyl (C=O) groups excluding carboxylic acids is 1. The first-order valence-corrected chi connectivity index (χ1v) is 9.39. The lowest BCUT2D eigenvalue weighted by molar-refractivity contribution is 0.0746. The van der Waals surface area contributed by atoms with E-state index in [1.54, 1.807) is 0 Å². The van der Waals surface area contributed by atoms with Gasteiger partial charge in [-0.2, -0.15) is 4.98 Å². The SMILES string of the molecule is CCc1cc(N2CCN(C(=O)c3ccc(C)cc3)CC2)nc2nnc(C)n12. The number of anilines is 1. The van der Waals surface area contributed by atoms with Crippen LogP contribution in [-0.4, -0.2) is 56.6 Å². The van der Waals surface area contributed by atoms with Gasteiger partial charge in [-0.15, -0.1) is 10.2 Å². The number of aromatic nitrogens is 4. The van der Waals surface area contributed by atoms with E-state index in [-0.39, 0.29) is 5.91 Å². The summed E-state index contributed by atoms with van der Waals surface area (Å²) in [6, 6.07) is 9.88. The molecule has 0 bridgehead atoms. The fourth-order valence-electron chi connectivity index (χ4n) is 3.55.